The summed E-state index contributed by atoms with van der Waals surface area (Å²) in [6, 6.07) is 3.80. The van der Waals surface area contributed by atoms with Gasteiger partial charge in [0.2, 0.25) is 6.79 Å². The monoisotopic (exact) mass is 290 g/mol. The Morgan fingerprint density at radius 3 is 2.71 bits per heavy atom. The predicted octanol–water partition coefficient (Wildman–Crippen LogP) is 1.15. The summed E-state index contributed by atoms with van der Waals surface area (Å²) in [5.41, 5.74) is 1.01. The Hall–Kier alpha value is -2.28. The fourth-order valence-electron chi connectivity index (χ4n) is 2.15. The Balaban J connectivity index is 1.82. The number of aryl methyl sites for hydroxylation is 1. The van der Waals surface area contributed by atoms with Crippen LogP contribution >= 0.6 is 0 Å². The maximum Gasteiger partial charge on any atom is 0.231 e. The van der Waals surface area contributed by atoms with Gasteiger partial charge in [-0.2, -0.15) is 0 Å². The van der Waals surface area contributed by atoms with Crippen LogP contribution in [0.5, 0.6) is 17.2 Å². The van der Waals surface area contributed by atoms with Gasteiger partial charge in [0, 0.05) is 25.2 Å². The van der Waals surface area contributed by atoms with Crippen molar-refractivity contribution in [2.24, 2.45) is 7.05 Å². The van der Waals surface area contributed by atoms with Crippen molar-refractivity contribution in [2.45, 2.75) is 20.1 Å². The van der Waals surface area contributed by atoms with Gasteiger partial charge in [0.15, 0.2) is 17.3 Å². The van der Waals surface area contributed by atoms with Crippen LogP contribution in [-0.2, 0) is 20.2 Å². The first-order valence-corrected chi connectivity index (χ1v) is 6.74. The zero-order valence-electron chi connectivity index (χ0n) is 12.3. The minimum absolute atomic E-state index is 0.250. The molecular formula is C14H18N4O3. The Bertz CT molecular complexity index is 654. The van der Waals surface area contributed by atoms with Crippen LogP contribution in [0.4, 0.5) is 0 Å². The number of nitrogens with one attached hydrogen (secondary N) is 1. The molecule has 0 aliphatic carbocycles. The molecule has 0 radical (unpaired) electrons. The van der Waals surface area contributed by atoms with Crippen molar-refractivity contribution in [3.05, 3.63) is 29.3 Å². The second-order valence-electron chi connectivity index (χ2n) is 4.85. The second kappa shape index (κ2) is 5.61. The Labute approximate surface area is 122 Å². The number of hydrogen-bond donors (Lipinski definition) is 1. The average Bonchev–Trinajstić information content (AvgIpc) is 3.05. The minimum Gasteiger partial charge on any atom is -0.485 e. The first-order chi connectivity index (χ1) is 10.2. The summed E-state index contributed by atoms with van der Waals surface area (Å²) >= 11 is 0. The molecule has 1 aliphatic rings. The zero-order valence-corrected chi connectivity index (χ0v) is 12.3. The molecule has 21 heavy (non-hydrogen) atoms. The molecule has 2 aromatic rings. The van der Waals surface area contributed by atoms with E-state index in [0.29, 0.717) is 18.9 Å². The Kier molecular flexibility index (Phi) is 3.66. The number of benzene rings is 1. The van der Waals surface area contributed by atoms with E-state index >= 15 is 0 Å². The van der Waals surface area contributed by atoms with Gasteiger partial charge >= 0.3 is 0 Å². The summed E-state index contributed by atoms with van der Waals surface area (Å²) in [5, 5.41) is 11.2. The lowest BCUT2D eigenvalue weighted by atomic mass is 10.1. The van der Waals surface area contributed by atoms with Crippen molar-refractivity contribution in [3.63, 3.8) is 0 Å². The van der Waals surface area contributed by atoms with E-state index in [4.69, 9.17) is 14.2 Å². The highest BCUT2D eigenvalue weighted by Crippen LogP contribution is 2.38. The summed E-state index contributed by atoms with van der Waals surface area (Å²) in [6.07, 6.45) is 0. The molecule has 0 atom stereocenters. The fraction of sp³-hybridized carbons (Fsp3) is 0.429. The van der Waals surface area contributed by atoms with Gasteiger partial charge in [-0.25, -0.2) is 0 Å². The summed E-state index contributed by atoms with van der Waals surface area (Å²) < 4.78 is 18.6. The molecule has 0 bridgehead atoms. The van der Waals surface area contributed by atoms with Crippen molar-refractivity contribution in [1.82, 2.24) is 20.1 Å². The van der Waals surface area contributed by atoms with Crippen LogP contribution < -0.4 is 19.5 Å². The van der Waals surface area contributed by atoms with Crippen molar-refractivity contribution >= 4 is 0 Å². The van der Waals surface area contributed by atoms with Gasteiger partial charge in [-0.05, 0) is 20.0 Å². The molecule has 1 aromatic heterocycles. The molecular weight excluding hydrogens is 272 g/mol. The molecule has 0 amide bonds. The Morgan fingerprint density at radius 2 is 2.05 bits per heavy atom. The number of hydrogen-bond acceptors (Lipinski definition) is 6. The molecule has 0 spiro atoms. The largest absolute Gasteiger partial charge is 0.485 e. The van der Waals surface area contributed by atoms with E-state index in [1.165, 1.54) is 0 Å². The third-order valence-electron chi connectivity index (χ3n) is 3.46. The van der Waals surface area contributed by atoms with Crippen molar-refractivity contribution in [1.29, 1.82) is 0 Å². The molecule has 0 fully saturated rings. The van der Waals surface area contributed by atoms with E-state index < -0.39 is 0 Å². The smallest absolute Gasteiger partial charge is 0.231 e. The van der Waals surface area contributed by atoms with Gasteiger partial charge in [0.25, 0.3) is 0 Å². The van der Waals surface area contributed by atoms with Crippen LogP contribution in [0.3, 0.4) is 0 Å². The summed E-state index contributed by atoms with van der Waals surface area (Å²) in [6.45, 7) is 3.20. The van der Waals surface area contributed by atoms with Gasteiger partial charge in [-0.3, -0.25) is 0 Å². The summed E-state index contributed by atoms with van der Waals surface area (Å²) in [7, 11) is 3.81. The zero-order chi connectivity index (χ0) is 14.8. The Morgan fingerprint density at radius 1 is 1.29 bits per heavy atom. The lowest BCUT2D eigenvalue weighted by Gasteiger charge is -2.12. The van der Waals surface area contributed by atoms with E-state index in [1.807, 2.05) is 37.7 Å². The van der Waals surface area contributed by atoms with Gasteiger partial charge in [-0.1, -0.05) is 0 Å². The highest BCUT2D eigenvalue weighted by atomic mass is 16.7. The molecule has 1 aliphatic heterocycles. The highest BCUT2D eigenvalue weighted by molar-refractivity contribution is 5.51. The molecule has 0 unspecified atom stereocenters. The molecule has 0 saturated carbocycles. The van der Waals surface area contributed by atoms with E-state index in [9.17, 15) is 0 Å². The topological polar surface area (TPSA) is 70.4 Å². The number of rotatable bonds is 5. The number of nitrogens with zero attached hydrogens (tertiary/aromatic N) is 3. The number of aromatic nitrogens is 3. The van der Waals surface area contributed by atoms with Crippen LogP contribution in [0.25, 0.3) is 0 Å². The first kappa shape index (κ1) is 13.7. The van der Waals surface area contributed by atoms with Crippen molar-refractivity contribution < 1.29 is 14.2 Å². The molecule has 7 heteroatoms. The van der Waals surface area contributed by atoms with Crippen LogP contribution in [0.2, 0.25) is 0 Å². The van der Waals surface area contributed by atoms with Crippen LogP contribution in [0.1, 0.15) is 17.2 Å². The van der Waals surface area contributed by atoms with E-state index in [1.54, 1.807) is 0 Å². The quantitative estimate of drug-likeness (QED) is 0.891. The molecule has 1 N–H and O–H groups in total. The van der Waals surface area contributed by atoms with E-state index in [-0.39, 0.29) is 6.79 Å². The standard InChI is InChI=1S/C14H18N4O3/c1-9-16-17-14(18(9)3)7-19-11-5-13-12(20-8-21-13)4-10(11)6-15-2/h4-5,15H,6-8H2,1-3H3. The third-order valence-corrected chi connectivity index (χ3v) is 3.46. The van der Waals surface area contributed by atoms with E-state index in [0.717, 1.165) is 28.7 Å². The summed E-state index contributed by atoms with van der Waals surface area (Å²) in [5.74, 6) is 3.85. The van der Waals surface area contributed by atoms with Gasteiger partial charge in [0.05, 0.1) is 0 Å². The lowest BCUT2D eigenvalue weighted by Crippen LogP contribution is -2.09. The molecule has 1 aromatic carbocycles. The first-order valence-electron chi connectivity index (χ1n) is 6.74. The van der Waals surface area contributed by atoms with Crippen LogP contribution in [0.15, 0.2) is 12.1 Å². The van der Waals surface area contributed by atoms with Gasteiger partial charge in [-0.15, -0.1) is 10.2 Å². The lowest BCUT2D eigenvalue weighted by molar-refractivity contribution is 0.173. The third kappa shape index (κ3) is 2.64. The fourth-order valence-corrected chi connectivity index (χ4v) is 2.15. The number of fused-ring (bicyclic) bond motifs is 1. The molecule has 2 heterocycles. The summed E-state index contributed by atoms with van der Waals surface area (Å²) in [4.78, 5) is 0. The average molecular weight is 290 g/mol. The molecule has 0 saturated heterocycles. The second-order valence-corrected chi connectivity index (χ2v) is 4.85. The van der Waals surface area contributed by atoms with Gasteiger partial charge in [0.1, 0.15) is 18.2 Å². The minimum atomic E-state index is 0.250. The predicted molar refractivity (Wildman–Crippen MR) is 75.4 cm³/mol. The normalized spacial score (nSPS) is 12.7. The van der Waals surface area contributed by atoms with Crippen molar-refractivity contribution in [2.75, 3.05) is 13.8 Å². The highest BCUT2D eigenvalue weighted by Gasteiger charge is 2.18. The molecule has 3 rings (SSSR count). The molecule has 7 nitrogen and oxygen atoms in total. The van der Waals surface area contributed by atoms with Gasteiger partial charge < -0.3 is 24.1 Å². The molecule has 112 valence electrons. The maximum atomic E-state index is 5.90. The van der Waals surface area contributed by atoms with Crippen LogP contribution in [-0.4, -0.2) is 28.6 Å². The van der Waals surface area contributed by atoms with Crippen LogP contribution in [0, 0.1) is 6.92 Å². The van der Waals surface area contributed by atoms with E-state index in [2.05, 4.69) is 15.5 Å². The maximum absolute atomic E-state index is 5.90. The SMILES string of the molecule is CNCc1cc2c(cc1OCc1nnc(C)n1C)OCO2. The van der Waals surface area contributed by atoms with Crippen molar-refractivity contribution in [3.8, 4) is 17.2 Å². The number of ether oxygens (including phenoxy) is 3.